The summed E-state index contributed by atoms with van der Waals surface area (Å²) >= 11 is 0. The van der Waals surface area contributed by atoms with Crippen LogP contribution in [0.2, 0.25) is 0 Å². The standard InChI is InChI=1S/C82H82/c1-43-33-51(79(9,10)11)34-44(2)67(43)72-55-25-21-22-26-56(55)73(68-45(3)35-52(36-46(68)4)80(12,13)14)66-42-64-60-30-32-62-74-61(31-29-59(71(60)74)63(64)41-65(66)72)77-75(69-47(5)37-53(38-48(69)6)81(15,16)17)57-27-23-24-28-58(57)76(78(62)77)70-49(7)39-54(40-50(70)8)82(18,19)20/h21-42H,1-20H3. The molecule has 0 nitrogen and oxygen atoms in total. The zero-order valence-corrected chi connectivity index (χ0v) is 52.7. The summed E-state index contributed by atoms with van der Waals surface area (Å²) in [5.41, 5.74) is 27.0. The Labute approximate surface area is 486 Å². The Hall–Kier alpha value is -7.54. The predicted octanol–water partition coefficient (Wildman–Crippen LogP) is 22.4. The molecule has 0 saturated heterocycles. The van der Waals surface area contributed by atoms with Gasteiger partial charge in [0.1, 0.15) is 0 Å². The summed E-state index contributed by atoms with van der Waals surface area (Å²) < 4.78 is 0. The summed E-state index contributed by atoms with van der Waals surface area (Å²) in [4.78, 5) is 0. The highest BCUT2D eigenvalue weighted by atomic mass is 14.3. The van der Waals surface area contributed by atoms with Crippen molar-refractivity contribution in [2.24, 2.45) is 0 Å². The van der Waals surface area contributed by atoms with Crippen LogP contribution in [0.3, 0.4) is 0 Å². The fraction of sp³-hybridized carbons (Fsp3) is 0.293. The second kappa shape index (κ2) is 18.0. The van der Waals surface area contributed by atoms with Crippen LogP contribution < -0.4 is 0 Å². The van der Waals surface area contributed by atoms with E-state index in [0.717, 1.165) is 0 Å². The molecule has 13 rings (SSSR count). The van der Waals surface area contributed by atoms with Crippen molar-refractivity contribution in [1.82, 2.24) is 0 Å². The molecular weight excluding hydrogens is 985 g/mol. The maximum atomic E-state index is 2.62. The largest absolute Gasteiger partial charge is 0.0616 e. The first-order chi connectivity index (χ1) is 38.5. The average Bonchev–Trinajstić information content (AvgIpc) is 1.70. The highest BCUT2D eigenvalue weighted by Crippen LogP contribution is 2.51. The number of aryl methyl sites for hydroxylation is 8. The van der Waals surface area contributed by atoms with E-state index in [1.165, 1.54) is 196 Å². The van der Waals surface area contributed by atoms with Gasteiger partial charge in [0.2, 0.25) is 0 Å². The molecule has 11 aromatic carbocycles. The number of rotatable bonds is 4. The number of benzene rings is 11. The van der Waals surface area contributed by atoms with Crippen LogP contribution in [-0.2, 0) is 21.7 Å². The van der Waals surface area contributed by atoms with Gasteiger partial charge in [-0.25, -0.2) is 0 Å². The Morgan fingerprint density at radius 2 is 0.427 bits per heavy atom. The third kappa shape index (κ3) is 7.90. The van der Waals surface area contributed by atoms with Crippen LogP contribution in [0.4, 0.5) is 0 Å². The summed E-state index contributed by atoms with van der Waals surface area (Å²) in [5, 5.41) is 21.3. The molecule has 0 aliphatic heterocycles. The molecular formula is C82H82. The van der Waals surface area contributed by atoms with E-state index < -0.39 is 0 Å². The van der Waals surface area contributed by atoms with Gasteiger partial charge in [-0.2, -0.15) is 0 Å². The minimum Gasteiger partial charge on any atom is -0.0616 e. The van der Waals surface area contributed by atoms with Gasteiger partial charge < -0.3 is 0 Å². The van der Waals surface area contributed by atoms with E-state index in [4.69, 9.17) is 0 Å². The quantitative estimate of drug-likeness (QED) is 0.154. The van der Waals surface area contributed by atoms with E-state index in [1.807, 2.05) is 0 Å². The van der Waals surface area contributed by atoms with E-state index in [1.54, 1.807) is 0 Å². The zero-order chi connectivity index (χ0) is 58.3. The molecule has 2 aliphatic rings. The first-order valence-corrected chi connectivity index (χ1v) is 30.2. The van der Waals surface area contributed by atoms with Crippen molar-refractivity contribution in [3.8, 4) is 44.5 Å². The van der Waals surface area contributed by atoms with E-state index in [2.05, 4.69) is 272 Å². The smallest absolute Gasteiger partial charge is 0.000720 e. The number of hydrogen-bond acceptors (Lipinski definition) is 0. The first kappa shape index (κ1) is 53.8. The fourth-order valence-electron chi connectivity index (χ4n) is 15.2. The number of fused-ring (bicyclic) bond motifs is 5. The monoisotopic (exact) mass is 1070 g/mol. The summed E-state index contributed by atoms with van der Waals surface area (Å²) in [5.74, 6) is 0. The van der Waals surface area contributed by atoms with E-state index in [0.29, 0.717) is 0 Å². The van der Waals surface area contributed by atoms with Gasteiger partial charge in [-0.1, -0.05) is 204 Å². The van der Waals surface area contributed by atoms with E-state index in [-0.39, 0.29) is 21.7 Å². The maximum Gasteiger partial charge on any atom is -0.000720 e. The van der Waals surface area contributed by atoms with Crippen molar-refractivity contribution < 1.29 is 0 Å². The van der Waals surface area contributed by atoms with Crippen molar-refractivity contribution in [2.75, 3.05) is 0 Å². The van der Waals surface area contributed by atoms with Crippen LogP contribution in [0.25, 0.3) is 87.6 Å². The van der Waals surface area contributed by atoms with Crippen molar-refractivity contribution in [3.05, 3.63) is 242 Å². The molecule has 11 aromatic rings. The minimum absolute atomic E-state index is 0.0250. The molecule has 82 heavy (non-hydrogen) atoms. The first-order valence-electron chi connectivity index (χ1n) is 30.2. The van der Waals surface area contributed by atoms with E-state index in [9.17, 15) is 0 Å². The molecule has 2 aliphatic carbocycles. The topological polar surface area (TPSA) is 0 Å². The van der Waals surface area contributed by atoms with Crippen molar-refractivity contribution in [2.45, 2.75) is 160 Å². The van der Waals surface area contributed by atoms with Gasteiger partial charge in [0, 0.05) is 0 Å². The molecule has 0 fully saturated rings. The second-order valence-electron chi connectivity index (χ2n) is 29.3. The van der Waals surface area contributed by atoms with Crippen LogP contribution in [0, 0.1) is 97.1 Å². The molecule has 0 heterocycles. The van der Waals surface area contributed by atoms with Gasteiger partial charge >= 0.3 is 0 Å². The molecule has 0 amide bonds. The molecule has 0 N–H and O–H groups in total. The Balaban J connectivity index is 1.27. The summed E-state index contributed by atoms with van der Waals surface area (Å²) in [7, 11) is 0. The van der Waals surface area contributed by atoms with Crippen molar-refractivity contribution in [1.29, 1.82) is 0 Å². The maximum absolute atomic E-state index is 2.62. The molecule has 0 aromatic heterocycles. The van der Waals surface area contributed by atoms with E-state index >= 15 is 0 Å². The van der Waals surface area contributed by atoms with Crippen LogP contribution >= 0.6 is 0 Å². The molecule has 0 bridgehead atoms. The second-order valence-corrected chi connectivity index (χ2v) is 29.3. The lowest BCUT2D eigenvalue weighted by Crippen LogP contribution is -2.12. The van der Waals surface area contributed by atoms with Crippen molar-refractivity contribution in [3.63, 3.8) is 0 Å². The normalized spacial score (nSPS) is 13.1. The third-order valence-electron chi connectivity index (χ3n) is 19.3. The molecule has 0 heteroatoms. The average molecular weight is 1070 g/mol. The van der Waals surface area contributed by atoms with Gasteiger partial charge in [0.25, 0.3) is 0 Å². The number of hydrogen-bond donors (Lipinski definition) is 0. The molecule has 410 valence electrons. The summed E-state index contributed by atoms with van der Waals surface area (Å²) in [6, 6.07) is 53.7. The van der Waals surface area contributed by atoms with Crippen LogP contribution in [0.15, 0.2) is 133 Å². The third-order valence-corrected chi connectivity index (χ3v) is 19.3. The Morgan fingerprint density at radius 1 is 0.207 bits per heavy atom. The lowest BCUT2D eigenvalue weighted by Gasteiger charge is -2.26. The Morgan fingerprint density at radius 3 is 0.683 bits per heavy atom. The minimum atomic E-state index is 0.0250. The lowest BCUT2D eigenvalue weighted by atomic mass is 9.78. The lowest BCUT2D eigenvalue weighted by molar-refractivity contribution is 0.589. The summed E-state index contributed by atoms with van der Waals surface area (Å²) in [6.45, 7) is 46.9. The molecule has 0 atom stereocenters. The summed E-state index contributed by atoms with van der Waals surface area (Å²) in [6.07, 6.45) is 0. The van der Waals surface area contributed by atoms with Gasteiger partial charge in [-0.3, -0.25) is 0 Å². The van der Waals surface area contributed by atoms with Gasteiger partial charge in [-0.05, 0) is 285 Å². The molecule has 0 unspecified atom stereocenters. The van der Waals surface area contributed by atoms with Crippen LogP contribution in [0.1, 0.15) is 150 Å². The molecule has 0 saturated carbocycles. The van der Waals surface area contributed by atoms with Gasteiger partial charge in [0.05, 0.1) is 0 Å². The van der Waals surface area contributed by atoms with Gasteiger partial charge in [0.15, 0.2) is 0 Å². The Kier molecular flexibility index (Phi) is 11.8. The molecule has 0 spiro atoms. The van der Waals surface area contributed by atoms with Crippen LogP contribution in [-0.4, -0.2) is 0 Å². The molecule has 0 radical (unpaired) electrons. The van der Waals surface area contributed by atoms with Gasteiger partial charge in [-0.15, -0.1) is 0 Å². The highest BCUT2D eigenvalue weighted by Gasteiger charge is 2.29. The highest BCUT2D eigenvalue weighted by molar-refractivity contribution is 6.22. The predicted molar refractivity (Wildman–Crippen MR) is 354 cm³/mol. The van der Waals surface area contributed by atoms with Crippen molar-refractivity contribution >= 4 is 43.1 Å². The Bertz CT molecular complexity index is 4720. The zero-order valence-electron chi connectivity index (χ0n) is 52.7. The fourth-order valence-corrected chi connectivity index (χ4v) is 15.2. The SMILES string of the molecule is Cc1cc(C(C)(C)C)cc(C)c1-c1c2c(c(-c3c(C)cc(C(C)(C)C)cc3C)c3ccccc13)=c1ccc3c4c(ccc=2c14)=c1cc2c(-c4c(C)cc(C(C)(C)C)cc4C)c4ccccc4c(-c4c(C)cc(C(C)(C)C)cc4C)c2cc1=3. The van der Waals surface area contributed by atoms with Crippen LogP contribution in [0.5, 0.6) is 0 Å².